The Balaban J connectivity index is 2.01. The monoisotopic (exact) mass is 342 g/mol. The lowest BCUT2D eigenvalue weighted by Crippen LogP contribution is -2.26. The van der Waals surface area contributed by atoms with Gasteiger partial charge in [0, 0.05) is 0 Å². The van der Waals surface area contributed by atoms with Crippen molar-refractivity contribution in [3.8, 4) is 0 Å². The van der Waals surface area contributed by atoms with Crippen LogP contribution >= 0.6 is 0 Å². The highest BCUT2D eigenvalue weighted by atomic mass is 19.4. The summed E-state index contributed by atoms with van der Waals surface area (Å²) in [6, 6.07) is 2.84. The van der Waals surface area contributed by atoms with Crippen LogP contribution in [0.2, 0.25) is 0 Å². The number of benzene rings is 1. The maximum Gasteiger partial charge on any atom is 0.416 e. The minimum absolute atomic E-state index is 0.0326. The van der Waals surface area contributed by atoms with E-state index in [-0.39, 0.29) is 17.2 Å². The standard InChI is InChI=1S/C14H13F3N4O3/c1-24-12(22)8-2-5-11(14(15,16)17)9(6-8)7-20-13(23)21(19-18-20)10-3-4-10/h2,5-6,10H,3-4,7H2,1H3. The van der Waals surface area contributed by atoms with Crippen molar-refractivity contribution in [1.29, 1.82) is 0 Å². The largest absolute Gasteiger partial charge is 0.465 e. The molecule has 0 N–H and O–H groups in total. The second-order valence-corrected chi connectivity index (χ2v) is 5.46. The summed E-state index contributed by atoms with van der Waals surface area (Å²) in [5.41, 5.74) is -1.81. The van der Waals surface area contributed by atoms with Crippen LogP contribution < -0.4 is 5.69 Å². The van der Waals surface area contributed by atoms with Gasteiger partial charge >= 0.3 is 17.8 Å². The molecule has 0 radical (unpaired) electrons. The number of halogens is 3. The first-order chi connectivity index (χ1) is 11.3. The van der Waals surface area contributed by atoms with Gasteiger partial charge in [-0.2, -0.15) is 22.5 Å². The number of alkyl halides is 3. The van der Waals surface area contributed by atoms with Gasteiger partial charge in [0.25, 0.3) is 0 Å². The van der Waals surface area contributed by atoms with Crippen LogP contribution in [0.15, 0.2) is 23.0 Å². The van der Waals surface area contributed by atoms with E-state index in [4.69, 9.17) is 0 Å². The number of carbonyl (C=O) groups excluding carboxylic acids is 1. The predicted octanol–water partition coefficient (Wildman–Crippen LogP) is 1.63. The number of aromatic nitrogens is 4. The van der Waals surface area contributed by atoms with E-state index < -0.39 is 29.9 Å². The molecular formula is C14H13F3N4O3. The molecule has 1 fully saturated rings. The summed E-state index contributed by atoms with van der Waals surface area (Å²) in [4.78, 5) is 23.7. The second-order valence-electron chi connectivity index (χ2n) is 5.46. The number of hydrogen-bond acceptors (Lipinski definition) is 5. The molecule has 24 heavy (non-hydrogen) atoms. The van der Waals surface area contributed by atoms with Crippen molar-refractivity contribution < 1.29 is 22.7 Å². The molecule has 0 bridgehead atoms. The second kappa shape index (κ2) is 5.77. The molecule has 7 nitrogen and oxygen atoms in total. The van der Waals surface area contributed by atoms with Crippen molar-refractivity contribution in [3.63, 3.8) is 0 Å². The Morgan fingerprint density at radius 1 is 1.33 bits per heavy atom. The number of methoxy groups -OCH3 is 1. The third kappa shape index (κ3) is 3.03. The zero-order chi connectivity index (χ0) is 17.5. The molecule has 0 amide bonds. The zero-order valence-electron chi connectivity index (χ0n) is 12.6. The quantitative estimate of drug-likeness (QED) is 0.789. The Morgan fingerprint density at radius 2 is 2.04 bits per heavy atom. The molecule has 0 saturated heterocycles. The number of esters is 1. The van der Waals surface area contributed by atoms with Crippen LogP contribution in [0.4, 0.5) is 13.2 Å². The SMILES string of the molecule is COC(=O)c1ccc(C(F)(F)F)c(Cn2nnn(C3CC3)c2=O)c1. The van der Waals surface area contributed by atoms with Crippen molar-refractivity contribution in [2.75, 3.05) is 7.11 Å². The molecule has 1 saturated carbocycles. The van der Waals surface area contributed by atoms with E-state index in [1.54, 1.807) is 0 Å². The lowest BCUT2D eigenvalue weighted by molar-refractivity contribution is -0.138. The van der Waals surface area contributed by atoms with Gasteiger partial charge < -0.3 is 4.74 Å². The van der Waals surface area contributed by atoms with Gasteiger partial charge in [-0.1, -0.05) is 0 Å². The van der Waals surface area contributed by atoms with Crippen LogP contribution in [0, 0.1) is 0 Å². The third-order valence-corrected chi connectivity index (χ3v) is 3.71. The van der Waals surface area contributed by atoms with Crippen LogP contribution in [0.5, 0.6) is 0 Å². The molecule has 10 heteroatoms. The van der Waals surface area contributed by atoms with Gasteiger partial charge in [-0.3, -0.25) is 0 Å². The molecular weight excluding hydrogens is 329 g/mol. The average Bonchev–Trinajstić information content (AvgIpc) is 3.31. The number of hydrogen-bond donors (Lipinski definition) is 0. The highest BCUT2D eigenvalue weighted by molar-refractivity contribution is 5.89. The Bertz CT molecular complexity index is 837. The van der Waals surface area contributed by atoms with Crippen LogP contribution in [0.3, 0.4) is 0 Å². The van der Waals surface area contributed by atoms with Crippen LogP contribution in [0.25, 0.3) is 0 Å². The van der Waals surface area contributed by atoms with Gasteiger partial charge in [-0.25, -0.2) is 9.59 Å². The summed E-state index contributed by atoms with van der Waals surface area (Å²) in [5.74, 6) is -0.765. The number of ether oxygens (including phenoxy) is 1. The summed E-state index contributed by atoms with van der Waals surface area (Å²) < 4.78 is 46.0. The van der Waals surface area contributed by atoms with E-state index >= 15 is 0 Å². The van der Waals surface area contributed by atoms with Crippen LogP contribution in [-0.4, -0.2) is 32.9 Å². The van der Waals surface area contributed by atoms with Gasteiger partial charge in [-0.15, -0.1) is 0 Å². The first-order valence-electron chi connectivity index (χ1n) is 7.12. The molecule has 3 rings (SSSR count). The van der Waals surface area contributed by atoms with E-state index in [2.05, 4.69) is 15.2 Å². The topological polar surface area (TPSA) is 79.0 Å². The maximum absolute atomic E-state index is 13.2. The van der Waals surface area contributed by atoms with Crippen molar-refractivity contribution in [2.24, 2.45) is 0 Å². The molecule has 0 unspecified atom stereocenters. The third-order valence-electron chi connectivity index (χ3n) is 3.71. The Labute approximate surface area is 133 Å². The number of nitrogens with zero attached hydrogens (tertiary/aromatic N) is 4. The summed E-state index contributed by atoms with van der Waals surface area (Å²) in [6.07, 6.45) is -3.03. The van der Waals surface area contributed by atoms with Crippen molar-refractivity contribution in [3.05, 3.63) is 45.4 Å². The Morgan fingerprint density at radius 3 is 2.62 bits per heavy atom. The summed E-state index contributed by atoms with van der Waals surface area (Å²) in [6.45, 7) is -0.439. The van der Waals surface area contributed by atoms with Crippen LogP contribution in [0.1, 0.15) is 40.4 Å². The fourth-order valence-corrected chi connectivity index (χ4v) is 2.34. The van der Waals surface area contributed by atoms with E-state index in [1.807, 2.05) is 0 Å². The van der Waals surface area contributed by atoms with Crippen molar-refractivity contribution >= 4 is 5.97 Å². The zero-order valence-corrected chi connectivity index (χ0v) is 12.6. The number of tetrazole rings is 1. The lowest BCUT2D eigenvalue weighted by Gasteiger charge is -2.13. The van der Waals surface area contributed by atoms with Gasteiger partial charge in [-0.05, 0) is 47.0 Å². The lowest BCUT2D eigenvalue weighted by atomic mass is 10.0. The summed E-state index contributed by atoms with van der Waals surface area (Å²) in [7, 11) is 1.13. The Hall–Kier alpha value is -2.65. The van der Waals surface area contributed by atoms with Crippen molar-refractivity contribution in [2.45, 2.75) is 31.6 Å². The van der Waals surface area contributed by atoms with Crippen molar-refractivity contribution in [1.82, 2.24) is 19.8 Å². The molecule has 1 aromatic heterocycles. The van der Waals surface area contributed by atoms with Gasteiger partial charge in [0.1, 0.15) is 0 Å². The van der Waals surface area contributed by atoms with Gasteiger partial charge in [0.15, 0.2) is 0 Å². The van der Waals surface area contributed by atoms with E-state index in [0.29, 0.717) is 0 Å². The molecule has 1 aromatic carbocycles. The minimum atomic E-state index is -4.62. The fourth-order valence-electron chi connectivity index (χ4n) is 2.34. The number of rotatable bonds is 4. The van der Waals surface area contributed by atoms with Gasteiger partial charge in [0.05, 0.1) is 30.8 Å². The highest BCUT2D eigenvalue weighted by Gasteiger charge is 2.34. The van der Waals surface area contributed by atoms with Crippen LogP contribution in [-0.2, 0) is 17.5 Å². The molecule has 0 aliphatic heterocycles. The molecule has 1 aliphatic carbocycles. The van der Waals surface area contributed by atoms with Gasteiger partial charge in [0.2, 0.25) is 0 Å². The molecule has 128 valence electrons. The first-order valence-corrected chi connectivity index (χ1v) is 7.12. The molecule has 1 heterocycles. The van der Waals surface area contributed by atoms with E-state index in [0.717, 1.165) is 47.5 Å². The molecule has 1 aliphatic rings. The number of carbonyl (C=O) groups is 1. The normalized spacial score (nSPS) is 14.7. The summed E-state index contributed by atoms with van der Waals surface area (Å²) >= 11 is 0. The maximum atomic E-state index is 13.2. The highest BCUT2D eigenvalue weighted by Crippen LogP contribution is 2.33. The Kier molecular flexibility index (Phi) is 3.90. The van der Waals surface area contributed by atoms with E-state index in [1.165, 1.54) is 0 Å². The molecule has 0 atom stereocenters. The first kappa shape index (κ1) is 16.2. The average molecular weight is 342 g/mol. The molecule has 0 spiro atoms. The molecule has 2 aromatic rings. The smallest absolute Gasteiger partial charge is 0.416 e. The van der Waals surface area contributed by atoms with E-state index in [9.17, 15) is 22.8 Å². The predicted molar refractivity (Wildman–Crippen MR) is 74.4 cm³/mol. The fraction of sp³-hybridized carbons (Fsp3) is 0.429. The minimum Gasteiger partial charge on any atom is -0.465 e. The summed E-state index contributed by atoms with van der Waals surface area (Å²) in [5, 5.41) is 7.31.